The summed E-state index contributed by atoms with van der Waals surface area (Å²) >= 11 is 0. The molecule has 1 saturated heterocycles. The van der Waals surface area contributed by atoms with Gasteiger partial charge in [0.2, 0.25) is 0 Å². The standard InChI is InChI=1S/C18H30N2/c1-14-11-15(2)17(16(3)12-14)18(4,5)13-20-9-6-7-19-8-10-20/h11-12,19H,6-10,13H2,1-5H3. The zero-order chi connectivity index (χ0) is 14.8. The van der Waals surface area contributed by atoms with Crippen molar-refractivity contribution in [2.24, 2.45) is 0 Å². The summed E-state index contributed by atoms with van der Waals surface area (Å²) in [5, 5.41) is 3.49. The second-order valence-electron chi connectivity index (χ2n) is 7.04. The SMILES string of the molecule is Cc1cc(C)c(C(C)(C)CN2CCCNCC2)c(C)c1. The van der Waals surface area contributed by atoms with Crippen LogP contribution in [0.1, 0.15) is 42.5 Å². The second kappa shape index (κ2) is 6.28. The summed E-state index contributed by atoms with van der Waals surface area (Å²) in [4.78, 5) is 2.62. The van der Waals surface area contributed by atoms with E-state index < -0.39 is 0 Å². The first kappa shape index (κ1) is 15.5. The van der Waals surface area contributed by atoms with E-state index in [1.165, 1.54) is 42.7 Å². The maximum atomic E-state index is 3.49. The highest BCUT2D eigenvalue weighted by atomic mass is 15.2. The topological polar surface area (TPSA) is 15.3 Å². The van der Waals surface area contributed by atoms with Crippen molar-refractivity contribution in [3.05, 3.63) is 34.4 Å². The third-order valence-electron chi connectivity index (χ3n) is 4.41. The molecule has 0 amide bonds. The van der Waals surface area contributed by atoms with Gasteiger partial charge in [-0.2, -0.15) is 0 Å². The average Bonchev–Trinajstić information content (AvgIpc) is 2.54. The molecule has 1 aliphatic heterocycles. The fourth-order valence-corrected chi connectivity index (χ4v) is 3.95. The molecule has 0 unspecified atom stereocenters. The molecule has 2 nitrogen and oxygen atoms in total. The van der Waals surface area contributed by atoms with Gasteiger partial charge in [0, 0.05) is 25.0 Å². The molecule has 1 aromatic carbocycles. The number of hydrogen-bond donors (Lipinski definition) is 1. The summed E-state index contributed by atoms with van der Waals surface area (Å²) in [5.74, 6) is 0. The zero-order valence-electron chi connectivity index (χ0n) is 13.8. The molecule has 1 heterocycles. The summed E-state index contributed by atoms with van der Waals surface area (Å²) in [7, 11) is 0. The number of nitrogens with one attached hydrogen (secondary N) is 1. The minimum atomic E-state index is 0.214. The first-order valence-corrected chi connectivity index (χ1v) is 7.91. The van der Waals surface area contributed by atoms with Crippen LogP contribution in [0.25, 0.3) is 0 Å². The van der Waals surface area contributed by atoms with E-state index in [0.717, 1.165) is 13.1 Å². The van der Waals surface area contributed by atoms with Crippen molar-refractivity contribution >= 4 is 0 Å². The average molecular weight is 274 g/mol. The summed E-state index contributed by atoms with van der Waals surface area (Å²) in [6.45, 7) is 17.4. The van der Waals surface area contributed by atoms with Crippen LogP contribution < -0.4 is 5.32 Å². The van der Waals surface area contributed by atoms with Gasteiger partial charge in [-0.15, -0.1) is 0 Å². The second-order valence-corrected chi connectivity index (χ2v) is 7.04. The Labute approximate surface area is 124 Å². The van der Waals surface area contributed by atoms with Crippen LogP contribution in [-0.4, -0.2) is 37.6 Å². The Balaban J connectivity index is 2.21. The van der Waals surface area contributed by atoms with E-state index in [1.807, 2.05) is 0 Å². The Morgan fingerprint density at radius 3 is 2.35 bits per heavy atom. The molecule has 1 aliphatic rings. The van der Waals surface area contributed by atoms with Gasteiger partial charge in [-0.25, -0.2) is 0 Å². The highest BCUT2D eigenvalue weighted by Gasteiger charge is 2.27. The van der Waals surface area contributed by atoms with Gasteiger partial charge in [-0.1, -0.05) is 31.5 Å². The Kier molecular flexibility index (Phi) is 4.87. The van der Waals surface area contributed by atoms with Crippen molar-refractivity contribution in [3.63, 3.8) is 0 Å². The molecule has 2 rings (SSSR count). The maximum Gasteiger partial charge on any atom is 0.0107 e. The fourth-order valence-electron chi connectivity index (χ4n) is 3.95. The fraction of sp³-hybridized carbons (Fsp3) is 0.667. The van der Waals surface area contributed by atoms with Crippen LogP contribution in [0.3, 0.4) is 0 Å². The first-order valence-electron chi connectivity index (χ1n) is 7.91. The van der Waals surface area contributed by atoms with Gasteiger partial charge >= 0.3 is 0 Å². The summed E-state index contributed by atoms with van der Waals surface area (Å²) < 4.78 is 0. The molecule has 0 aliphatic carbocycles. The quantitative estimate of drug-likeness (QED) is 0.910. The van der Waals surface area contributed by atoms with Crippen molar-refractivity contribution in [1.29, 1.82) is 0 Å². The van der Waals surface area contributed by atoms with E-state index in [-0.39, 0.29) is 5.41 Å². The molecule has 0 bridgehead atoms. The van der Waals surface area contributed by atoms with Crippen LogP contribution in [0, 0.1) is 20.8 Å². The lowest BCUT2D eigenvalue weighted by molar-refractivity contribution is 0.236. The largest absolute Gasteiger partial charge is 0.315 e. The normalized spacial score (nSPS) is 18.1. The van der Waals surface area contributed by atoms with E-state index in [9.17, 15) is 0 Å². The highest BCUT2D eigenvalue weighted by molar-refractivity contribution is 5.42. The Bertz CT molecular complexity index is 431. The van der Waals surface area contributed by atoms with Crippen LogP contribution in [0.4, 0.5) is 0 Å². The molecule has 0 radical (unpaired) electrons. The zero-order valence-corrected chi connectivity index (χ0v) is 13.8. The van der Waals surface area contributed by atoms with Crippen molar-refractivity contribution < 1.29 is 0 Å². The molecule has 0 spiro atoms. The minimum Gasteiger partial charge on any atom is -0.315 e. The van der Waals surface area contributed by atoms with Crippen LogP contribution in [0.2, 0.25) is 0 Å². The maximum absolute atomic E-state index is 3.49. The van der Waals surface area contributed by atoms with Crippen LogP contribution in [-0.2, 0) is 5.41 Å². The van der Waals surface area contributed by atoms with Gasteiger partial charge in [0.25, 0.3) is 0 Å². The van der Waals surface area contributed by atoms with E-state index in [0.29, 0.717) is 0 Å². The van der Waals surface area contributed by atoms with Crippen LogP contribution in [0.5, 0.6) is 0 Å². The molecule has 0 saturated carbocycles. The predicted octanol–water partition coefficient (Wildman–Crippen LogP) is 3.18. The molecule has 1 aromatic rings. The predicted molar refractivity (Wildman–Crippen MR) is 87.6 cm³/mol. The Morgan fingerprint density at radius 2 is 1.70 bits per heavy atom. The highest BCUT2D eigenvalue weighted by Crippen LogP contribution is 2.31. The first-order chi connectivity index (χ1) is 9.40. The van der Waals surface area contributed by atoms with E-state index in [4.69, 9.17) is 0 Å². The lowest BCUT2D eigenvalue weighted by Crippen LogP contribution is -2.39. The number of nitrogens with zero attached hydrogens (tertiary/aromatic N) is 1. The van der Waals surface area contributed by atoms with Gasteiger partial charge in [0.15, 0.2) is 0 Å². The van der Waals surface area contributed by atoms with Crippen molar-refractivity contribution in [3.8, 4) is 0 Å². The van der Waals surface area contributed by atoms with Crippen LogP contribution >= 0.6 is 0 Å². The molecule has 20 heavy (non-hydrogen) atoms. The molecular formula is C18H30N2. The Morgan fingerprint density at radius 1 is 1.05 bits per heavy atom. The molecule has 0 aromatic heterocycles. The molecule has 1 fully saturated rings. The van der Waals surface area contributed by atoms with E-state index in [1.54, 1.807) is 5.56 Å². The lowest BCUT2D eigenvalue weighted by atomic mass is 9.78. The summed E-state index contributed by atoms with van der Waals surface area (Å²) in [5.41, 5.74) is 6.02. The van der Waals surface area contributed by atoms with Gasteiger partial charge < -0.3 is 10.2 Å². The summed E-state index contributed by atoms with van der Waals surface area (Å²) in [6, 6.07) is 4.65. The lowest BCUT2D eigenvalue weighted by Gasteiger charge is -2.35. The molecular weight excluding hydrogens is 244 g/mol. The van der Waals surface area contributed by atoms with E-state index >= 15 is 0 Å². The summed E-state index contributed by atoms with van der Waals surface area (Å²) in [6.07, 6.45) is 1.27. The van der Waals surface area contributed by atoms with Crippen molar-refractivity contribution in [2.45, 2.75) is 46.5 Å². The van der Waals surface area contributed by atoms with Gasteiger partial charge in [-0.3, -0.25) is 0 Å². The van der Waals surface area contributed by atoms with Crippen molar-refractivity contribution in [1.82, 2.24) is 10.2 Å². The monoisotopic (exact) mass is 274 g/mol. The molecule has 112 valence electrons. The third kappa shape index (κ3) is 3.62. The van der Waals surface area contributed by atoms with Crippen molar-refractivity contribution in [2.75, 3.05) is 32.7 Å². The number of benzene rings is 1. The van der Waals surface area contributed by atoms with Crippen LogP contribution in [0.15, 0.2) is 12.1 Å². The number of hydrogen-bond acceptors (Lipinski definition) is 2. The Hall–Kier alpha value is -0.860. The third-order valence-corrected chi connectivity index (χ3v) is 4.41. The molecule has 1 N–H and O–H groups in total. The smallest absolute Gasteiger partial charge is 0.0107 e. The van der Waals surface area contributed by atoms with Gasteiger partial charge in [-0.05, 0) is 57.0 Å². The minimum absolute atomic E-state index is 0.214. The van der Waals surface area contributed by atoms with Gasteiger partial charge in [0.1, 0.15) is 0 Å². The number of aryl methyl sites for hydroxylation is 3. The number of rotatable bonds is 3. The molecule has 2 heteroatoms. The van der Waals surface area contributed by atoms with Gasteiger partial charge in [0.05, 0.1) is 0 Å². The van der Waals surface area contributed by atoms with E-state index in [2.05, 4.69) is 57.0 Å². The molecule has 0 atom stereocenters.